The number of anilines is 2. The molecule has 1 saturated heterocycles. The van der Waals surface area contributed by atoms with Crippen LogP contribution in [0.5, 0.6) is 0 Å². The molecule has 1 atom stereocenters. The Bertz CT molecular complexity index is 1130. The van der Waals surface area contributed by atoms with Crippen molar-refractivity contribution in [1.82, 2.24) is 15.5 Å². The number of furan rings is 1. The van der Waals surface area contributed by atoms with E-state index in [4.69, 9.17) is 4.42 Å². The second-order valence-electron chi connectivity index (χ2n) is 8.97. The number of nitrogens with zero attached hydrogens (tertiary/aromatic N) is 3. The lowest BCUT2D eigenvalue weighted by Crippen LogP contribution is -2.50. The molecular weight excluding hydrogens is 461 g/mol. The third-order valence-electron chi connectivity index (χ3n) is 6.41. The summed E-state index contributed by atoms with van der Waals surface area (Å²) in [6.07, 6.45) is 1.52. The molecule has 8 nitrogen and oxygen atoms in total. The fraction of sp³-hybridized carbons (Fsp3) is 0.333. The molecule has 0 aliphatic carbocycles. The van der Waals surface area contributed by atoms with Crippen molar-refractivity contribution in [3.63, 3.8) is 0 Å². The number of hydrogen-bond acceptors (Lipinski definition) is 6. The first-order chi connectivity index (χ1) is 17.4. The van der Waals surface area contributed by atoms with Crippen LogP contribution in [0.2, 0.25) is 0 Å². The lowest BCUT2D eigenvalue weighted by molar-refractivity contribution is -0.139. The van der Waals surface area contributed by atoms with Gasteiger partial charge >= 0.3 is 11.8 Å². The molecule has 9 heteroatoms. The number of carbonyl (C=O) groups excluding carboxylic acids is 2. The molecule has 1 aliphatic heterocycles. The highest BCUT2D eigenvalue weighted by atomic mass is 19.1. The summed E-state index contributed by atoms with van der Waals surface area (Å²) in [5, 5.41) is 5.38. The van der Waals surface area contributed by atoms with Gasteiger partial charge in [-0.3, -0.25) is 14.5 Å². The second kappa shape index (κ2) is 11.7. The highest BCUT2D eigenvalue weighted by Gasteiger charge is 2.27. The molecular formula is C27H32FN5O3. The molecule has 2 heterocycles. The number of nitrogens with one attached hydrogen (secondary N) is 2. The van der Waals surface area contributed by atoms with E-state index in [1.54, 1.807) is 24.3 Å². The van der Waals surface area contributed by atoms with Crippen molar-refractivity contribution in [3.05, 3.63) is 84.1 Å². The zero-order chi connectivity index (χ0) is 25.5. The summed E-state index contributed by atoms with van der Waals surface area (Å²) in [6, 6.07) is 18.1. The normalized spacial score (nSPS) is 14.8. The van der Waals surface area contributed by atoms with Crippen molar-refractivity contribution in [3.8, 4) is 0 Å². The number of amides is 2. The summed E-state index contributed by atoms with van der Waals surface area (Å²) < 4.78 is 18.5. The van der Waals surface area contributed by atoms with Crippen molar-refractivity contribution in [1.29, 1.82) is 0 Å². The van der Waals surface area contributed by atoms with E-state index in [2.05, 4.69) is 44.7 Å². The van der Waals surface area contributed by atoms with Crippen LogP contribution in [0.4, 0.5) is 15.8 Å². The summed E-state index contributed by atoms with van der Waals surface area (Å²) in [4.78, 5) is 31.4. The third kappa shape index (κ3) is 6.42. The summed E-state index contributed by atoms with van der Waals surface area (Å²) >= 11 is 0. The molecule has 36 heavy (non-hydrogen) atoms. The maximum atomic E-state index is 13.3. The van der Waals surface area contributed by atoms with Gasteiger partial charge in [-0.1, -0.05) is 12.1 Å². The summed E-state index contributed by atoms with van der Waals surface area (Å²) in [7, 11) is 3.98. The highest BCUT2D eigenvalue weighted by molar-refractivity contribution is 6.35. The van der Waals surface area contributed by atoms with E-state index in [-0.39, 0.29) is 18.4 Å². The maximum absolute atomic E-state index is 13.3. The van der Waals surface area contributed by atoms with E-state index >= 15 is 0 Å². The summed E-state index contributed by atoms with van der Waals surface area (Å²) in [6.45, 7) is 3.52. The second-order valence-corrected chi connectivity index (χ2v) is 8.97. The fourth-order valence-corrected chi connectivity index (χ4v) is 4.33. The molecule has 1 unspecified atom stereocenters. The Hall–Kier alpha value is -3.85. The molecule has 1 aliphatic rings. The van der Waals surface area contributed by atoms with Gasteiger partial charge in [0.25, 0.3) is 0 Å². The van der Waals surface area contributed by atoms with Gasteiger partial charge in [0.05, 0.1) is 18.8 Å². The van der Waals surface area contributed by atoms with E-state index in [9.17, 15) is 14.0 Å². The first-order valence-corrected chi connectivity index (χ1v) is 12.0. The van der Waals surface area contributed by atoms with Crippen LogP contribution in [0.1, 0.15) is 17.4 Å². The molecule has 2 N–H and O–H groups in total. The maximum Gasteiger partial charge on any atom is 0.309 e. The van der Waals surface area contributed by atoms with Gasteiger partial charge in [0.15, 0.2) is 0 Å². The van der Waals surface area contributed by atoms with Gasteiger partial charge in [-0.15, -0.1) is 0 Å². The standard InChI is InChI=1S/C27H32FN5O3/c1-31(2)22-9-5-20(6-10-22)25(19-30-27(35)26(34)29-18-24-4-3-17-36-24)33-15-13-32(14-16-33)23-11-7-21(28)8-12-23/h3-12,17,25H,13-16,18-19H2,1-2H3,(H,29,34)(H,30,35). The van der Waals surface area contributed by atoms with Crippen LogP contribution < -0.4 is 20.4 Å². The first-order valence-electron chi connectivity index (χ1n) is 12.0. The molecule has 3 aromatic rings. The fourth-order valence-electron chi connectivity index (χ4n) is 4.33. The predicted molar refractivity (Wildman–Crippen MR) is 137 cm³/mol. The number of benzene rings is 2. The number of hydrogen-bond donors (Lipinski definition) is 2. The van der Waals surface area contributed by atoms with Crippen molar-refractivity contribution in [2.45, 2.75) is 12.6 Å². The lowest BCUT2D eigenvalue weighted by atomic mass is 10.0. The van der Waals surface area contributed by atoms with E-state index < -0.39 is 11.8 Å². The Kier molecular flexibility index (Phi) is 8.22. The number of halogens is 1. The summed E-state index contributed by atoms with van der Waals surface area (Å²) in [5.74, 6) is -1.05. The minimum atomic E-state index is -0.700. The molecule has 1 fully saturated rings. The first kappa shape index (κ1) is 25.2. The van der Waals surface area contributed by atoms with Gasteiger partial charge in [0, 0.05) is 58.2 Å². The van der Waals surface area contributed by atoms with Crippen molar-refractivity contribution in [2.24, 2.45) is 0 Å². The molecule has 0 radical (unpaired) electrons. The van der Waals surface area contributed by atoms with Gasteiger partial charge in [0.2, 0.25) is 0 Å². The quantitative estimate of drug-likeness (QED) is 0.470. The van der Waals surface area contributed by atoms with Crippen molar-refractivity contribution in [2.75, 3.05) is 56.6 Å². The molecule has 0 saturated carbocycles. The molecule has 2 aromatic carbocycles. The Labute approximate surface area is 210 Å². The van der Waals surface area contributed by atoms with Crippen LogP contribution in [0.15, 0.2) is 71.3 Å². The summed E-state index contributed by atoms with van der Waals surface area (Å²) in [5.41, 5.74) is 3.14. The Morgan fingerprint density at radius 1 is 0.944 bits per heavy atom. The van der Waals surface area contributed by atoms with Crippen molar-refractivity contribution < 1.29 is 18.4 Å². The van der Waals surface area contributed by atoms with Crippen LogP contribution in [0.25, 0.3) is 0 Å². The minimum Gasteiger partial charge on any atom is -0.467 e. The van der Waals surface area contributed by atoms with Crippen LogP contribution >= 0.6 is 0 Å². The Balaban J connectivity index is 1.40. The molecule has 2 amide bonds. The number of carbonyl (C=O) groups is 2. The molecule has 0 spiro atoms. The zero-order valence-corrected chi connectivity index (χ0v) is 20.6. The highest BCUT2D eigenvalue weighted by Crippen LogP contribution is 2.26. The number of rotatable bonds is 8. The molecule has 4 rings (SSSR count). The average molecular weight is 494 g/mol. The number of piperazine rings is 1. The largest absolute Gasteiger partial charge is 0.467 e. The minimum absolute atomic E-state index is 0.0987. The van der Waals surface area contributed by atoms with Gasteiger partial charge in [-0.25, -0.2) is 4.39 Å². The monoisotopic (exact) mass is 493 g/mol. The van der Waals surface area contributed by atoms with Crippen LogP contribution in [0, 0.1) is 5.82 Å². The molecule has 0 bridgehead atoms. The van der Waals surface area contributed by atoms with E-state index in [1.165, 1.54) is 18.4 Å². The van der Waals surface area contributed by atoms with Gasteiger partial charge < -0.3 is 24.9 Å². The Morgan fingerprint density at radius 2 is 1.61 bits per heavy atom. The topological polar surface area (TPSA) is 81.1 Å². The zero-order valence-electron chi connectivity index (χ0n) is 20.6. The van der Waals surface area contributed by atoms with Crippen LogP contribution in [-0.4, -0.2) is 63.5 Å². The van der Waals surface area contributed by atoms with Crippen molar-refractivity contribution >= 4 is 23.2 Å². The van der Waals surface area contributed by atoms with E-state index in [1.807, 2.05) is 19.0 Å². The average Bonchev–Trinajstić information content (AvgIpc) is 3.42. The SMILES string of the molecule is CN(C)c1ccc(C(CNC(=O)C(=O)NCc2ccco2)N2CCN(c3ccc(F)cc3)CC2)cc1. The van der Waals surface area contributed by atoms with E-state index in [0.717, 1.165) is 43.1 Å². The lowest BCUT2D eigenvalue weighted by Gasteiger charge is -2.40. The van der Waals surface area contributed by atoms with E-state index in [0.29, 0.717) is 12.3 Å². The van der Waals surface area contributed by atoms with Gasteiger partial charge in [-0.2, -0.15) is 0 Å². The smallest absolute Gasteiger partial charge is 0.309 e. The van der Waals surface area contributed by atoms with Gasteiger partial charge in [-0.05, 0) is 54.1 Å². The van der Waals surface area contributed by atoms with Gasteiger partial charge in [0.1, 0.15) is 11.6 Å². The molecule has 190 valence electrons. The predicted octanol–water partition coefficient (Wildman–Crippen LogP) is 2.78. The Morgan fingerprint density at radius 3 is 2.22 bits per heavy atom. The van der Waals surface area contributed by atoms with Crippen LogP contribution in [-0.2, 0) is 16.1 Å². The molecule has 1 aromatic heterocycles. The van der Waals surface area contributed by atoms with Crippen LogP contribution in [0.3, 0.4) is 0 Å². The third-order valence-corrected chi connectivity index (χ3v) is 6.41.